The van der Waals surface area contributed by atoms with Crippen molar-refractivity contribution in [2.75, 3.05) is 22.7 Å². The lowest BCUT2D eigenvalue weighted by atomic mass is 10.1. The summed E-state index contributed by atoms with van der Waals surface area (Å²) in [5, 5.41) is 8.32. The van der Waals surface area contributed by atoms with E-state index in [0.717, 1.165) is 48.4 Å². The Labute approximate surface area is 155 Å². The van der Waals surface area contributed by atoms with Crippen molar-refractivity contribution >= 4 is 21.7 Å². The van der Waals surface area contributed by atoms with Gasteiger partial charge in [-0.15, -0.1) is 10.2 Å². The Balaban J connectivity index is 1.80. The molecule has 0 aliphatic carbocycles. The molecule has 1 aromatic heterocycles. The summed E-state index contributed by atoms with van der Waals surface area (Å²) in [6.07, 6.45) is 4.80. The molecule has 1 N–H and O–H groups in total. The minimum Gasteiger partial charge on any atom is -0.355 e. The van der Waals surface area contributed by atoms with E-state index in [1.54, 1.807) is 6.07 Å². The number of rotatable bonds is 4. The summed E-state index contributed by atoms with van der Waals surface area (Å²) in [6.45, 7) is 7.52. The number of benzene rings is 1. The van der Waals surface area contributed by atoms with Crippen LogP contribution in [-0.2, 0) is 10.0 Å². The maximum absolute atomic E-state index is 12.8. The molecule has 2 heterocycles. The fraction of sp³-hybridized carbons (Fsp3) is 0.474. The van der Waals surface area contributed by atoms with Gasteiger partial charge in [-0.25, -0.2) is 8.42 Å². The molecule has 1 aliphatic rings. The quantitative estimate of drug-likeness (QED) is 0.885. The molecule has 1 aromatic carbocycles. The van der Waals surface area contributed by atoms with Gasteiger partial charge in [-0.05, 0) is 56.9 Å². The molecule has 0 unspecified atom stereocenters. The molecule has 6 nitrogen and oxygen atoms in total. The molecule has 1 fully saturated rings. The second kappa shape index (κ2) is 7.61. The van der Waals surface area contributed by atoms with Crippen LogP contribution in [-0.4, -0.2) is 31.7 Å². The first kappa shape index (κ1) is 18.6. The van der Waals surface area contributed by atoms with Crippen LogP contribution in [0, 0.1) is 20.8 Å². The Kier molecular flexibility index (Phi) is 5.46. The third-order valence-electron chi connectivity index (χ3n) is 4.69. The highest BCUT2D eigenvalue weighted by Crippen LogP contribution is 2.24. The maximum atomic E-state index is 12.8. The summed E-state index contributed by atoms with van der Waals surface area (Å²) in [5.74, 6) is 1.04. The standard InChI is InChI=1S/C19H26N4O2S/c1-14-12-15(2)19(16(3)13-14)26(24,25)22-17-8-9-18(21-20-17)23-10-6-4-5-7-11-23/h8-9,12-13H,4-7,10-11H2,1-3H3,(H,20,22). The number of sulfonamides is 1. The highest BCUT2D eigenvalue weighted by Gasteiger charge is 2.21. The normalized spacial score (nSPS) is 15.6. The molecule has 1 aliphatic heterocycles. The van der Waals surface area contributed by atoms with Gasteiger partial charge in [0.1, 0.15) is 0 Å². The predicted octanol–water partition coefficient (Wildman–Crippen LogP) is 3.58. The van der Waals surface area contributed by atoms with Gasteiger partial charge in [-0.2, -0.15) is 0 Å². The minimum absolute atomic E-state index is 0.239. The monoisotopic (exact) mass is 374 g/mol. The fourth-order valence-electron chi connectivity index (χ4n) is 3.63. The highest BCUT2D eigenvalue weighted by molar-refractivity contribution is 7.92. The van der Waals surface area contributed by atoms with E-state index in [0.29, 0.717) is 4.90 Å². The van der Waals surface area contributed by atoms with Crippen molar-refractivity contribution in [3.63, 3.8) is 0 Å². The topological polar surface area (TPSA) is 75.2 Å². The highest BCUT2D eigenvalue weighted by atomic mass is 32.2. The molecule has 2 aromatic rings. The zero-order valence-electron chi connectivity index (χ0n) is 15.6. The average molecular weight is 375 g/mol. The summed E-state index contributed by atoms with van der Waals surface area (Å²) in [6, 6.07) is 7.26. The number of anilines is 2. The fourth-order valence-corrected chi connectivity index (χ4v) is 5.08. The molecule has 0 amide bonds. The minimum atomic E-state index is -3.70. The number of hydrogen-bond donors (Lipinski definition) is 1. The molecule has 0 radical (unpaired) electrons. The molecule has 0 spiro atoms. The molecule has 3 rings (SSSR count). The van der Waals surface area contributed by atoms with Gasteiger partial charge in [-0.3, -0.25) is 4.72 Å². The molecule has 7 heteroatoms. The number of hydrogen-bond acceptors (Lipinski definition) is 5. The molecule has 26 heavy (non-hydrogen) atoms. The van der Waals surface area contributed by atoms with Crippen LogP contribution >= 0.6 is 0 Å². The van der Waals surface area contributed by atoms with Gasteiger partial charge < -0.3 is 4.90 Å². The van der Waals surface area contributed by atoms with Crippen molar-refractivity contribution in [1.29, 1.82) is 0 Å². The summed E-state index contributed by atoms with van der Waals surface area (Å²) >= 11 is 0. The van der Waals surface area contributed by atoms with E-state index < -0.39 is 10.0 Å². The van der Waals surface area contributed by atoms with Crippen molar-refractivity contribution in [3.8, 4) is 0 Å². The van der Waals surface area contributed by atoms with Crippen LogP contribution in [0.4, 0.5) is 11.6 Å². The van der Waals surface area contributed by atoms with Crippen molar-refractivity contribution in [2.24, 2.45) is 0 Å². The van der Waals surface area contributed by atoms with E-state index >= 15 is 0 Å². The Morgan fingerprint density at radius 3 is 2.08 bits per heavy atom. The van der Waals surface area contributed by atoms with Gasteiger partial charge in [-0.1, -0.05) is 30.5 Å². The number of nitrogens with one attached hydrogen (secondary N) is 1. The van der Waals surface area contributed by atoms with Crippen LogP contribution < -0.4 is 9.62 Å². The number of aryl methyl sites for hydroxylation is 3. The van der Waals surface area contributed by atoms with Gasteiger partial charge in [0, 0.05) is 13.1 Å². The number of aromatic nitrogens is 2. The third-order valence-corrected chi connectivity index (χ3v) is 6.35. The first-order chi connectivity index (χ1) is 12.4. The van der Waals surface area contributed by atoms with E-state index in [-0.39, 0.29) is 5.82 Å². The largest absolute Gasteiger partial charge is 0.355 e. The van der Waals surface area contributed by atoms with Gasteiger partial charge in [0.05, 0.1) is 4.90 Å². The van der Waals surface area contributed by atoms with Crippen molar-refractivity contribution in [2.45, 2.75) is 51.3 Å². The second-order valence-electron chi connectivity index (χ2n) is 7.01. The summed E-state index contributed by atoms with van der Waals surface area (Å²) in [5.41, 5.74) is 2.49. The van der Waals surface area contributed by atoms with Gasteiger partial charge >= 0.3 is 0 Å². The molecule has 0 saturated carbocycles. The summed E-state index contributed by atoms with van der Waals surface area (Å²) in [4.78, 5) is 2.52. The molecule has 0 bridgehead atoms. The maximum Gasteiger partial charge on any atom is 0.263 e. The molecule has 1 saturated heterocycles. The zero-order chi connectivity index (χ0) is 18.7. The lowest BCUT2D eigenvalue weighted by molar-refractivity contribution is 0.599. The van der Waals surface area contributed by atoms with Crippen LogP contribution in [0.1, 0.15) is 42.4 Å². The Hall–Kier alpha value is -2.15. The van der Waals surface area contributed by atoms with Gasteiger partial charge in [0.2, 0.25) is 0 Å². The Morgan fingerprint density at radius 2 is 1.54 bits per heavy atom. The van der Waals surface area contributed by atoms with Crippen LogP contribution in [0.15, 0.2) is 29.2 Å². The SMILES string of the molecule is Cc1cc(C)c(S(=O)(=O)Nc2ccc(N3CCCCCC3)nn2)c(C)c1. The molecular formula is C19H26N4O2S. The zero-order valence-corrected chi connectivity index (χ0v) is 16.4. The van der Waals surface area contributed by atoms with Crippen molar-refractivity contribution in [3.05, 3.63) is 41.0 Å². The van der Waals surface area contributed by atoms with Crippen LogP contribution in [0.2, 0.25) is 0 Å². The third kappa shape index (κ3) is 4.15. The lowest BCUT2D eigenvalue weighted by Gasteiger charge is -2.20. The van der Waals surface area contributed by atoms with Gasteiger partial charge in [0.25, 0.3) is 10.0 Å². The lowest BCUT2D eigenvalue weighted by Crippen LogP contribution is -2.25. The predicted molar refractivity (Wildman–Crippen MR) is 104 cm³/mol. The van der Waals surface area contributed by atoms with E-state index in [2.05, 4.69) is 19.8 Å². The van der Waals surface area contributed by atoms with E-state index in [9.17, 15) is 8.42 Å². The van der Waals surface area contributed by atoms with E-state index in [1.807, 2.05) is 39.0 Å². The first-order valence-electron chi connectivity index (χ1n) is 9.06. The van der Waals surface area contributed by atoms with Crippen molar-refractivity contribution in [1.82, 2.24) is 10.2 Å². The van der Waals surface area contributed by atoms with E-state index in [4.69, 9.17) is 0 Å². The Bertz CT molecular complexity index is 848. The summed E-state index contributed by atoms with van der Waals surface area (Å²) in [7, 11) is -3.70. The van der Waals surface area contributed by atoms with Crippen LogP contribution in [0.5, 0.6) is 0 Å². The smallest absolute Gasteiger partial charge is 0.263 e. The Morgan fingerprint density at radius 1 is 0.923 bits per heavy atom. The second-order valence-corrected chi connectivity index (χ2v) is 8.63. The molecular weight excluding hydrogens is 348 g/mol. The average Bonchev–Trinajstić information content (AvgIpc) is 2.83. The van der Waals surface area contributed by atoms with Crippen molar-refractivity contribution < 1.29 is 8.42 Å². The molecule has 0 atom stereocenters. The first-order valence-corrected chi connectivity index (χ1v) is 10.5. The number of nitrogens with zero attached hydrogens (tertiary/aromatic N) is 3. The van der Waals surface area contributed by atoms with Gasteiger partial charge in [0.15, 0.2) is 11.6 Å². The molecule has 140 valence electrons. The van der Waals surface area contributed by atoms with Crippen LogP contribution in [0.25, 0.3) is 0 Å². The van der Waals surface area contributed by atoms with E-state index in [1.165, 1.54) is 12.8 Å². The summed E-state index contributed by atoms with van der Waals surface area (Å²) < 4.78 is 28.2. The van der Waals surface area contributed by atoms with Crippen LogP contribution in [0.3, 0.4) is 0 Å².